The largest absolute Gasteiger partial charge is 0.426 e. The molecule has 1 aliphatic rings. The molecule has 0 aromatic heterocycles. The van der Waals surface area contributed by atoms with Crippen LogP contribution >= 0.6 is 0 Å². The van der Waals surface area contributed by atoms with Gasteiger partial charge in [0.1, 0.15) is 0 Å². The van der Waals surface area contributed by atoms with Crippen molar-refractivity contribution in [3.8, 4) is 0 Å². The second-order valence-corrected chi connectivity index (χ2v) is 4.79. The van der Waals surface area contributed by atoms with Crippen LogP contribution in [-0.4, -0.2) is 6.18 Å². The van der Waals surface area contributed by atoms with Gasteiger partial charge in [0.2, 0.25) is 5.66 Å². The molecule has 0 amide bonds. The molecule has 0 unspecified atom stereocenters. The summed E-state index contributed by atoms with van der Waals surface area (Å²) in [5.41, 5.74) is 3.60. The number of hydrogen-bond acceptors (Lipinski definition) is 2. The Balaban J connectivity index is 2.19. The number of hydrogen-bond donors (Lipinski definition) is 2. The summed E-state index contributed by atoms with van der Waals surface area (Å²) in [6, 6.07) is 6.56. The highest BCUT2D eigenvalue weighted by molar-refractivity contribution is 5.32. The van der Waals surface area contributed by atoms with Crippen molar-refractivity contribution in [3.63, 3.8) is 0 Å². The molecule has 17 heavy (non-hydrogen) atoms. The maximum Gasteiger partial charge on any atom is 0.426 e. The third-order valence-electron chi connectivity index (χ3n) is 2.83. The second kappa shape index (κ2) is 3.99. The molecular formula is C12H15F3N2. The Hall–Kier alpha value is -1.07. The third kappa shape index (κ3) is 2.30. The highest BCUT2D eigenvalue weighted by Crippen LogP contribution is 2.41. The second-order valence-electron chi connectivity index (χ2n) is 4.79. The first kappa shape index (κ1) is 12.4. The molecule has 1 aromatic rings. The standard InChI is InChI=1S/C12H15F3N2/c1-8(2)7-9-3-5-10(6-4-9)11(16-17-11)12(13,14)15/h3-6,8,16-17H,7H2,1-2H3. The monoisotopic (exact) mass is 244 g/mol. The van der Waals surface area contributed by atoms with Crippen LogP contribution in [0.5, 0.6) is 0 Å². The number of benzene rings is 1. The fraction of sp³-hybridized carbons (Fsp3) is 0.500. The molecule has 0 aliphatic carbocycles. The number of hydrazine groups is 1. The van der Waals surface area contributed by atoms with Crippen molar-refractivity contribution in [3.05, 3.63) is 35.4 Å². The number of rotatable bonds is 3. The highest BCUT2D eigenvalue weighted by Gasteiger charge is 2.65. The average molecular weight is 244 g/mol. The Morgan fingerprint density at radius 1 is 1.12 bits per heavy atom. The lowest BCUT2D eigenvalue weighted by Crippen LogP contribution is -2.34. The van der Waals surface area contributed by atoms with E-state index in [1.54, 1.807) is 12.1 Å². The molecular weight excluding hydrogens is 229 g/mol. The summed E-state index contributed by atoms with van der Waals surface area (Å²) in [4.78, 5) is 0. The van der Waals surface area contributed by atoms with Crippen LogP contribution in [-0.2, 0) is 12.1 Å². The Kier molecular flexibility index (Phi) is 2.91. The molecule has 1 fully saturated rings. The molecule has 0 radical (unpaired) electrons. The summed E-state index contributed by atoms with van der Waals surface area (Å²) >= 11 is 0. The van der Waals surface area contributed by atoms with Crippen molar-refractivity contribution >= 4 is 0 Å². The Labute approximate surface area is 98.2 Å². The van der Waals surface area contributed by atoms with E-state index in [1.165, 1.54) is 12.1 Å². The third-order valence-corrected chi connectivity index (χ3v) is 2.83. The van der Waals surface area contributed by atoms with Crippen molar-refractivity contribution in [2.75, 3.05) is 0 Å². The molecule has 2 nitrogen and oxygen atoms in total. The molecule has 2 rings (SSSR count). The topological polar surface area (TPSA) is 43.9 Å². The van der Waals surface area contributed by atoms with Gasteiger partial charge in [-0.05, 0) is 23.5 Å². The normalized spacial score (nSPS) is 18.5. The molecule has 1 aromatic carbocycles. The van der Waals surface area contributed by atoms with Gasteiger partial charge in [0.25, 0.3) is 0 Å². The summed E-state index contributed by atoms with van der Waals surface area (Å²) in [5, 5.41) is 0. The summed E-state index contributed by atoms with van der Waals surface area (Å²) in [6.07, 6.45) is -3.45. The molecule has 0 saturated carbocycles. The Bertz CT molecular complexity index is 391. The summed E-state index contributed by atoms with van der Waals surface area (Å²) < 4.78 is 38.3. The van der Waals surface area contributed by atoms with Gasteiger partial charge in [0, 0.05) is 0 Å². The molecule has 0 atom stereocenters. The van der Waals surface area contributed by atoms with Crippen LogP contribution in [0.3, 0.4) is 0 Å². The molecule has 5 heteroatoms. The molecule has 1 saturated heterocycles. The number of alkyl halides is 3. The highest BCUT2D eigenvalue weighted by atomic mass is 19.4. The number of nitrogens with one attached hydrogen (secondary N) is 2. The SMILES string of the molecule is CC(C)Cc1ccc(C2(C(F)(F)F)NN2)cc1. The zero-order chi connectivity index (χ0) is 12.7. The molecule has 1 aliphatic heterocycles. The minimum Gasteiger partial charge on any atom is -0.223 e. The van der Waals surface area contributed by atoms with Crippen LogP contribution < -0.4 is 10.9 Å². The van der Waals surface area contributed by atoms with Gasteiger partial charge in [-0.1, -0.05) is 38.1 Å². The van der Waals surface area contributed by atoms with Gasteiger partial charge in [0.05, 0.1) is 0 Å². The molecule has 0 spiro atoms. The summed E-state index contributed by atoms with van der Waals surface area (Å²) in [7, 11) is 0. The van der Waals surface area contributed by atoms with Gasteiger partial charge in [-0.25, -0.2) is 10.9 Å². The van der Waals surface area contributed by atoms with E-state index in [0.29, 0.717) is 5.92 Å². The maximum absolute atomic E-state index is 12.8. The quantitative estimate of drug-likeness (QED) is 0.803. The van der Waals surface area contributed by atoms with Gasteiger partial charge in [-0.15, -0.1) is 0 Å². The van der Waals surface area contributed by atoms with E-state index in [9.17, 15) is 13.2 Å². The van der Waals surface area contributed by atoms with Crippen LogP contribution in [0.4, 0.5) is 13.2 Å². The van der Waals surface area contributed by atoms with Gasteiger partial charge in [-0.2, -0.15) is 13.2 Å². The van der Waals surface area contributed by atoms with Crippen molar-refractivity contribution in [2.24, 2.45) is 5.92 Å². The van der Waals surface area contributed by atoms with Crippen molar-refractivity contribution in [1.82, 2.24) is 10.9 Å². The summed E-state index contributed by atoms with van der Waals surface area (Å²) in [6.45, 7) is 4.16. The minimum atomic E-state index is -4.33. The first-order chi connectivity index (χ1) is 7.85. The summed E-state index contributed by atoms with van der Waals surface area (Å²) in [5.74, 6) is 0.495. The Morgan fingerprint density at radius 2 is 1.65 bits per heavy atom. The van der Waals surface area contributed by atoms with Crippen LogP contribution in [0.15, 0.2) is 24.3 Å². The zero-order valence-corrected chi connectivity index (χ0v) is 9.73. The van der Waals surface area contributed by atoms with Gasteiger partial charge >= 0.3 is 6.18 Å². The van der Waals surface area contributed by atoms with Crippen molar-refractivity contribution < 1.29 is 13.2 Å². The van der Waals surface area contributed by atoms with Crippen molar-refractivity contribution in [2.45, 2.75) is 32.1 Å². The first-order valence-electron chi connectivity index (χ1n) is 5.55. The van der Waals surface area contributed by atoms with E-state index < -0.39 is 11.8 Å². The molecule has 0 bridgehead atoms. The fourth-order valence-corrected chi connectivity index (χ4v) is 1.87. The van der Waals surface area contributed by atoms with Gasteiger partial charge in [-0.3, -0.25) is 0 Å². The predicted octanol–water partition coefficient (Wildman–Crippen LogP) is 2.71. The fourth-order valence-electron chi connectivity index (χ4n) is 1.87. The van der Waals surface area contributed by atoms with E-state index in [-0.39, 0.29) is 5.56 Å². The van der Waals surface area contributed by atoms with Crippen LogP contribution in [0.2, 0.25) is 0 Å². The van der Waals surface area contributed by atoms with Gasteiger partial charge < -0.3 is 0 Å². The predicted molar refractivity (Wildman–Crippen MR) is 59.0 cm³/mol. The van der Waals surface area contributed by atoms with Crippen LogP contribution in [0.25, 0.3) is 0 Å². The molecule has 1 heterocycles. The first-order valence-corrected chi connectivity index (χ1v) is 5.55. The van der Waals surface area contributed by atoms with Gasteiger partial charge in [0.15, 0.2) is 0 Å². The lowest BCUT2D eigenvalue weighted by Gasteiger charge is -2.16. The Morgan fingerprint density at radius 3 is 2.00 bits per heavy atom. The van der Waals surface area contributed by atoms with E-state index in [2.05, 4.69) is 24.7 Å². The van der Waals surface area contributed by atoms with E-state index in [0.717, 1.165) is 12.0 Å². The zero-order valence-electron chi connectivity index (χ0n) is 9.73. The van der Waals surface area contributed by atoms with Crippen molar-refractivity contribution in [1.29, 1.82) is 0 Å². The molecule has 2 N–H and O–H groups in total. The lowest BCUT2D eigenvalue weighted by molar-refractivity contribution is -0.165. The number of halogens is 3. The minimum absolute atomic E-state index is 0.206. The maximum atomic E-state index is 12.8. The lowest BCUT2D eigenvalue weighted by atomic mass is 9.98. The average Bonchev–Trinajstić information content (AvgIpc) is 2.97. The van der Waals surface area contributed by atoms with E-state index in [1.807, 2.05) is 0 Å². The smallest absolute Gasteiger partial charge is 0.223 e. The van der Waals surface area contributed by atoms with Crippen LogP contribution in [0.1, 0.15) is 25.0 Å². The van der Waals surface area contributed by atoms with E-state index in [4.69, 9.17) is 0 Å². The van der Waals surface area contributed by atoms with E-state index >= 15 is 0 Å². The molecule has 94 valence electrons. The van der Waals surface area contributed by atoms with Crippen LogP contribution in [0, 0.1) is 5.92 Å².